The average molecular weight is 358 g/mol. The van der Waals surface area contributed by atoms with E-state index in [0.29, 0.717) is 44.3 Å². The third-order valence-corrected chi connectivity index (χ3v) is 4.15. The Morgan fingerprint density at radius 1 is 0.962 bits per heavy atom. The smallest absolute Gasteiger partial charge is 0.289 e. The van der Waals surface area contributed by atoms with Crippen molar-refractivity contribution in [3.8, 4) is 11.5 Å². The van der Waals surface area contributed by atoms with Crippen molar-refractivity contribution in [2.45, 2.75) is 6.92 Å². The summed E-state index contributed by atoms with van der Waals surface area (Å²) in [4.78, 5) is 27.9. The summed E-state index contributed by atoms with van der Waals surface area (Å²) >= 11 is 0. The second-order valence-corrected chi connectivity index (χ2v) is 5.84. The maximum absolute atomic E-state index is 12.3. The van der Waals surface area contributed by atoms with Crippen LogP contribution in [0.15, 0.2) is 47.1 Å². The Hall–Kier alpha value is -2.96. The fourth-order valence-corrected chi connectivity index (χ4v) is 2.75. The van der Waals surface area contributed by atoms with Gasteiger partial charge in [-0.05, 0) is 43.3 Å². The Labute approximate surface area is 152 Å². The van der Waals surface area contributed by atoms with Crippen LogP contribution in [0.2, 0.25) is 0 Å². The van der Waals surface area contributed by atoms with Crippen LogP contribution in [0.5, 0.6) is 11.5 Å². The molecule has 0 bridgehead atoms. The molecule has 0 spiro atoms. The number of hydrogen-bond acceptors (Lipinski definition) is 5. The van der Waals surface area contributed by atoms with Gasteiger partial charge in [-0.2, -0.15) is 0 Å². The number of benzene rings is 1. The molecule has 1 saturated heterocycles. The van der Waals surface area contributed by atoms with Crippen molar-refractivity contribution in [3.63, 3.8) is 0 Å². The third kappa shape index (κ3) is 4.36. The van der Waals surface area contributed by atoms with Crippen molar-refractivity contribution in [1.29, 1.82) is 0 Å². The first-order valence-electron chi connectivity index (χ1n) is 8.63. The lowest BCUT2D eigenvalue weighted by Gasteiger charge is -2.34. The topological polar surface area (TPSA) is 72.2 Å². The number of carbonyl (C=O) groups excluding carboxylic acids is 2. The van der Waals surface area contributed by atoms with Crippen LogP contribution >= 0.6 is 0 Å². The Balaban J connectivity index is 1.44. The summed E-state index contributed by atoms with van der Waals surface area (Å²) in [6.45, 7) is 4.43. The predicted octanol–water partition coefficient (Wildman–Crippen LogP) is 2.04. The van der Waals surface area contributed by atoms with Gasteiger partial charge in [0.1, 0.15) is 11.5 Å². The highest BCUT2D eigenvalue weighted by Gasteiger charge is 2.26. The van der Waals surface area contributed by atoms with Gasteiger partial charge in [-0.1, -0.05) is 0 Å². The zero-order valence-electron chi connectivity index (χ0n) is 14.7. The molecule has 7 nitrogen and oxygen atoms in total. The van der Waals surface area contributed by atoms with E-state index in [-0.39, 0.29) is 18.4 Å². The summed E-state index contributed by atoms with van der Waals surface area (Å²) in [5.41, 5.74) is 0. The Morgan fingerprint density at radius 2 is 1.58 bits per heavy atom. The Kier molecular flexibility index (Phi) is 5.78. The maximum atomic E-state index is 12.3. The van der Waals surface area contributed by atoms with Crippen LogP contribution in [0, 0.1) is 0 Å². The second-order valence-electron chi connectivity index (χ2n) is 5.84. The van der Waals surface area contributed by atoms with E-state index in [9.17, 15) is 9.59 Å². The molecule has 1 aliphatic rings. The minimum absolute atomic E-state index is 0.0277. The number of carbonyl (C=O) groups is 2. The quantitative estimate of drug-likeness (QED) is 0.790. The predicted molar refractivity (Wildman–Crippen MR) is 94.3 cm³/mol. The lowest BCUT2D eigenvalue weighted by molar-refractivity contribution is -0.134. The first-order valence-corrected chi connectivity index (χ1v) is 8.63. The van der Waals surface area contributed by atoms with Gasteiger partial charge < -0.3 is 23.7 Å². The normalized spacial score (nSPS) is 14.2. The van der Waals surface area contributed by atoms with E-state index in [0.717, 1.165) is 5.75 Å². The largest absolute Gasteiger partial charge is 0.494 e. The van der Waals surface area contributed by atoms with E-state index in [1.807, 2.05) is 19.1 Å². The lowest BCUT2D eigenvalue weighted by Crippen LogP contribution is -2.51. The van der Waals surface area contributed by atoms with Crippen molar-refractivity contribution in [2.75, 3.05) is 39.4 Å². The standard InChI is InChI=1S/C19H22N2O5/c1-2-24-15-5-7-16(8-6-15)26-14-18(22)20-9-11-21(12-10-20)19(23)17-4-3-13-25-17/h3-8,13H,2,9-12,14H2,1H3. The molecule has 1 aromatic heterocycles. The summed E-state index contributed by atoms with van der Waals surface area (Å²) in [5, 5.41) is 0. The van der Waals surface area contributed by atoms with Crippen molar-refractivity contribution in [3.05, 3.63) is 48.4 Å². The first-order chi connectivity index (χ1) is 12.7. The van der Waals surface area contributed by atoms with Crippen molar-refractivity contribution in [2.24, 2.45) is 0 Å². The molecule has 2 heterocycles. The van der Waals surface area contributed by atoms with Crippen LogP contribution in [0.4, 0.5) is 0 Å². The molecular weight excluding hydrogens is 336 g/mol. The molecule has 1 fully saturated rings. The van der Waals surface area contributed by atoms with Gasteiger partial charge >= 0.3 is 0 Å². The summed E-state index contributed by atoms with van der Waals surface area (Å²) < 4.78 is 16.0. The Morgan fingerprint density at radius 3 is 2.15 bits per heavy atom. The number of amides is 2. The molecule has 1 aromatic carbocycles. The Bertz CT molecular complexity index is 719. The first kappa shape index (κ1) is 17.8. The average Bonchev–Trinajstić information content (AvgIpc) is 3.22. The minimum Gasteiger partial charge on any atom is -0.494 e. The van der Waals surface area contributed by atoms with Crippen LogP contribution in [0.3, 0.4) is 0 Å². The number of rotatable bonds is 6. The number of piperazine rings is 1. The van der Waals surface area contributed by atoms with Crippen molar-refractivity contribution < 1.29 is 23.5 Å². The molecule has 2 amide bonds. The third-order valence-electron chi connectivity index (χ3n) is 4.15. The number of ether oxygens (including phenoxy) is 2. The van der Waals surface area contributed by atoms with Gasteiger partial charge in [0.25, 0.3) is 11.8 Å². The summed E-state index contributed by atoms with van der Waals surface area (Å²) in [6.07, 6.45) is 1.48. The highest BCUT2D eigenvalue weighted by Crippen LogP contribution is 2.17. The monoisotopic (exact) mass is 358 g/mol. The highest BCUT2D eigenvalue weighted by atomic mass is 16.5. The lowest BCUT2D eigenvalue weighted by atomic mass is 10.3. The van der Waals surface area contributed by atoms with Gasteiger partial charge in [-0.25, -0.2) is 0 Å². The van der Waals surface area contributed by atoms with E-state index in [1.165, 1.54) is 6.26 Å². The molecule has 26 heavy (non-hydrogen) atoms. The van der Waals surface area contributed by atoms with Crippen LogP contribution in [-0.2, 0) is 4.79 Å². The molecule has 0 atom stereocenters. The molecule has 0 N–H and O–H groups in total. The van der Waals surface area contributed by atoms with Crippen LogP contribution in [0.1, 0.15) is 17.5 Å². The number of hydrogen-bond donors (Lipinski definition) is 0. The molecule has 1 aliphatic heterocycles. The summed E-state index contributed by atoms with van der Waals surface area (Å²) in [7, 11) is 0. The summed E-state index contributed by atoms with van der Waals surface area (Å²) in [5.74, 6) is 1.47. The summed E-state index contributed by atoms with van der Waals surface area (Å²) in [6, 6.07) is 10.5. The van der Waals surface area contributed by atoms with Gasteiger partial charge in [0.2, 0.25) is 0 Å². The van der Waals surface area contributed by atoms with Crippen LogP contribution in [-0.4, -0.2) is 61.0 Å². The van der Waals surface area contributed by atoms with Gasteiger partial charge in [-0.3, -0.25) is 9.59 Å². The van der Waals surface area contributed by atoms with E-state index >= 15 is 0 Å². The van der Waals surface area contributed by atoms with Gasteiger partial charge in [0.05, 0.1) is 12.9 Å². The van der Waals surface area contributed by atoms with Crippen molar-refractivity contribution >= 4 is 11.8 Å². The van der Waals surface area contributed by atoms with Crippen LogP contribution < -0.4 is 9.47 Å². The van der Waals surface area contributed by atoms with Crippen molar-refractivity contribution in [1.82, 2.24) is 9.80 Å². The molecular formula is C19H22N2O5. The molecule has 3 rings (SSSR count). The van der Waals surface area contributed by atoms with E-state index in [4.69, 9.17) is 13.9 Å². The number of nitrogens with zero attached hydrogens (tertiary/aromatic N) is 2. The molecule has 2 aromatic rings. The molecule has 0 radical (unpaired) electrons. The highest BCUT2D eigenvalue weighted by molar-refractivity contribution is 5.91. The SMILES string of the molecule is CCOc1ccc(OCC(=O)N2CCN(C(=O)c3ccco3)CC2)cc1. The zero-order valence-corrected chi connectivity index (χ0v) is 14.7. The molecule has 0 aliphatic carbocycles. The molecule has 0 unspecified atom stereocenters. The molecule has 138 valence electrons. The van der Waals surface area contributed by atoms with Gasteiger partial charge in [0, 0.05) is 26.2 Å². The minimum atomic E-state index is -0.146. The van der Waals surface area contributed by atoms with E-state index < -0.39 is 0 Å². The number of furan rings is 1. The maximum Gasteiger partial charge on any atom is 0.289 e. The van der Waals surface area contributed by atoms with E-state index in [2.05, 4.69) is 0 Å². The van der Waals surface area contributed by atoms with Gasteiger partial charge in [0.15, 0.2) is 12.4 Å². The second kappa shape index (κ2) is 8.42. The molecule has 7 heteroatoms. The fraction of sp³-hybridized carbons (Fsp3) is 0.368. The fourth-order valence-electron chi connectivity index (χ4n) is 2.75. The van der Waals surface area contributed by atoms with Crippen LogP contribution in [0.25, 0.3) is 0 Å². The molecule has 0 saturated carbocycles. The van der Waals surface area contributed by atoms with Gasteiger partial charge in [-0.15, -0.1) is 0 Å². The van der Waals surface area contributed by atoms with E-state index in [1.54, 1.807) is 34.1 Å². The zero-order chi connectivity index (χ0) is 18.4.